The molecule has 2 rings (SSSR count). The van der Waals surface area contributed by atoms with E-state index in [1.165, 1.54) is 11.3 Å². The van der Waals surface area contributed by atoms with Crippen molar-refractivity contribution in [3.8, 4) is 0 Å². The van der Waals surface area contributed by atoms with E-state index in [4.69, 9.17) is 5.73 Å². The Hall–Kier alpha value is -1.44. The smallest absolute Gasteiger partial charge is 0.238 e. The summed E-state index contributed by atoms with van der Waals surface area (Å²) in [7, 11) is -3.44. The van der Waals surface area contributed by atoms with Gasteiger partial charge in [0.15, 0.2) is 5.13 Å². The largest absolute Gasteiger partial charge is 0.323 e. The highest BCUT2D eigenvalue weighted by atomic mass is 32.2. The van der Waals surface area contributed by atoms with Crippen molar-refractivity contribution in [3.63, 3.8) is 0 Å². The van der Waals surface area contributed by atoms with Gasteiger partial charge in [0.1, 0.15) is 0 Å². The molecule has 0 saturated heterocycles. The van der Waals surface area contributed by atoms with Crippen molar-refractivity contribution in [3.05, 3.63) is 47.0 Å². The Morgan fingerprint density at radius 3 is 2.63 bits per heavy atom. The number of nitrogens with zero attached hydrogens (tertiary/aromatic N) is 1. The minimum atomic E-state index is -3.44. The number of rotatable bonds is 5. The van der Waals surface area contributed by atoms with Gasteiger partial charge in [0.05, 0.1) is 11.4 Å². The normalized spacial score (nSPS) is 13.2. The zero-order valence-electron chi connectivity index (χ0n) is 10.4. The van der Waals surface area contributed by atoms with Gasteiger partial charge in [-0.25, -0.2) is 13.4 Å². The number of benzene rings is 1. The van der Waals surface area contributed by atoms with E-state index in [1.807, 2.05) is 18.2 Å². The second-order valence-corrected chi connectivity index (χ2v) is 6.79. The van der Waals surface area contributed by atoms with Crippen LogP contribution < -0.4 is 10.5 Å². The van der Waals surface area contributed by atoms with Gasteiger partial charge in [-0.2, -0.15) is 0 Å². The van der Waals surface area contributed by atoms with Gasteiger partial charge >= 0.3 is 0 Å². The molecule has 5 nitrogen and oxygen atoms in total. The molecule has 0 bridgehead atoms. The van der Waals surface area contributed by atoms with Crippen molar-refractivity contribution in [1.82, 2.24) is 4.98 Å². The van der Waals surface area contributed by atoms with Gasteiger partial charge in [0.2, 0.25) is 10.0 Å². The Morgan fingerprint density at radius 1 is 1.37 bits per heavy atom. The molecule has 0 amide bonds. The van der Waals surface area contributed by atoms with Crippen molar-refractivity contribution in [2.75, 3.05) is 4.72 Å². The van der Waals surface area contributed by atoms with Crippen LogP contribution in [0.3, 0.4) is 0 Å². The van der Waals surface area contributed by atoms with Crippen LogP contribution in [0.25, 0.3) is 0 Å². The first-order valence-electron chi connectivity index (χ1n) is 5.72. The average Bonchev–Trinajstić information content (AvgIpc) is 2.77. The lowest BCUT2D eigenvalue weighted by Gasteiger charge is -2.05. The van der Waals surface area contributed by atoms with Crippen LogP contribution in [-0.2, 0) is 15.8 Å². The molecule has 1 aromatic carbocycles. The first kappa shape index (κ1) is 14.0. The van der Waals surface area contributed by atoms with Crippen molar-refractivity contribution in [2.45, 2.75) is 18.7 Å². The molecular formula is C12H15N3O2S2. The lowest BCUT2D eigenvalue weighted by molar-refractivity contribution is 0.600. The zero-order chi connectivity index (χ0) is 13.9. The summed E-state index contributed by atoms with van der Waals surface area (Å²) in [5.41, 5.74) is 7.10. The second kappa shape index (κ2) is 5.68. The third kappa shape index (κ3) is 4.02. The zero-order valence-corrected chi connectivity index (χ0v) is 12.0. The third-order valence-electron chi connectivity index (χ3n) is 2.43. The highest BCUT2D eigenvalue weighted by molar-refractivity contribution is 7.92. The Morgan fingerprint density at radius 2 is 2.05 bits per heavy atom. The van der Waals surface area contributed by atoms with E-state index < -0.39 is 10.0 Å². The molecule has 0 fully saturated rings. The fraction of sp³-hybridized carbons (Fsp3) is 0.250. The van der Waals surface area contributed by atoms with E-state index in [1.54, 1.807) is 24.4 Å². The second-order valence-electron chi connectivity index (χ2n) is 4.21. The summed E-state index contributed by atoms with van der Waals surface area (Å²) >= 11 is 1.23. The number of aromatic nitrogens is 1. The van der Waals surface area contributed by atoms with Crippen LogP contribution in [0.2, 0.25) is 0 Å². The summed E-state index contributed by atoms with van der Waals surface area (Å²) in [5, 5.41) is 2.11. The number of anilines is 1. The van der Waals surface area contributed by atoms with Crippen LogP contribution in [0.5, 0.6) is 0 Å². The van der Waals surface area contributed by atoms with Gasteiger partial charge in [0, 0.05) is 11.4 Å². The van der Waals surface area contributed by atoms with Crippen molar-refractivity contribution in [2.24, 2.45) is 5.73 Å². The molecule has 3 N–H and O–H groups in total. The summed E-state index contributed by atoms with van der Waals surface area (Å²) in [4.78, 5) is 4.14. The van der Waals surface area contributed by atoms with Crippen molar-refractivity contribution < 1.29 is 8.42 Å². The molecule has 2 aromatic rings. The molecule has 1 atom stereocenters. The van der Waals surface area contributed by atoms with E-state index in [0.29, 0.717) is 10.8 Å². The fourth-order valence-corrected chi connectivity index (χ4v) is 3.75. The van der Waals surface area contributed by atoms with E-state index in [2.05, 4.69) is 9.71 Å². The summed E-state index contributed by atoms with van der Waals surface area (Å²) in [6.07, 6.45) is 0. The van der Waals surface area contributed by atoms with E-state index >= 15 is 0 Å². The highest BCUT2D eigenvalue weighted by Gasteiger charge is 2.14. The van der Waals surface area contributed by atoms with E-state index in [9.17, 15) is 8.42 Å². The number of nitrogens with one attached hydrogen (secondary N) is 1. The number of nitrogens with two attached hydrogens (primary N) is 1. The number of thiazole rings is 1. The molecule has 0 aliphatic rings. The molecule has 0 spiro atoms. The molecule has 1 unspecified atom stereocenters. The molecule has 7 heteroatoms. The minimum absolute atomic E-state index is 0.0685. The predicted octanol–water partition coefficient (Wildman–Crippen LogP) is 2.10. The minimum Gasteiger partial charge on any atom is -0.323 e. The molecule has 1 heterocycles. The third-order valence-corrected chi connectivity index (χ3v) is 4.55. The van der Waals surface area contributed by atoms with Crippen LogP contribution in [0.1, 0.15) is 24.2 Å². The maximum absolute atomic E-state index is 12.0. The maximum Gasteiger partial charge on any atom is 0.238 e. The van der Waals surface area contributed by atoms with Gasteiger partial charge in [-0.15, -0.1) is 11.3 Å². The van der Waals surface area contributed by atoms with Gasteiger partial charge < -0.3 is 5.73 Å². The molecule has 102 valence electrons. The molecule has 0 aliphatic heterocycles. The lowest BCUT2D eigenvalue weighted by atomic mass is 10.2. The number of sulfonamides is 1. The molecule has 0 radical (unpaired) electrons. The predicted molar refractivity (Wildman–Crippen MR) is 77.4 cm³/mol. The molecule has 1 aromatic heterocycles. The Balaban J connectivity index is 2.08. The van der Waals surface area contributed by atoms with Gasteiger partial charge in [-0.1, -0.05) is 30.3 Å². The highest BCUT2D eigenvalue weighted by Crippen LogP contribution is 2.21. The van der Waals surface area contributed by atoms with Crippen LogP contribution in [-0.4, -0.2) is 13.4 Å². The number of hydrogen-bond donors (Lipinski definition) is 2. The molecule has 0 aliphatic carbocycles. The summed E-state index contributed by atoms with van der Waals surface area (Å²) < 4.78 is 26.4. The topological polar surface area (TPSA) is 85.1 Å². The van der Waals surface area contributed by atoms with Crippen LogP contribution in [0, 0.1) is 0 Å². The number of hydrogen-bond acceptors (Lipinski definition) is 5. The van der Waals surface area contributed by atoms with Crippen LogP contribution >= 0.6 is 11.3 Å². The Labute approximate surface area is 116 Å². The van der Waals surface area contributed by atoms with E-state index in [-0.39, 0.29) is 11.8 Å². The quantitative estimate of drug-likeness (QED) is 0.885. The Kier molecular flexibility index (Phi) is 4.18. The van der Waals surface area contributed by atoms with Gasteiger partial charge in [-0.3, -0.25) is 4.72 Å². The summed E-state index contributed by atoms with van der Waals surface area (Å²) in [5.74, 6) is -0.0685. The SMILES string of the molecule is CC(N)c1csc(NS(=O)(=O)Cc2ccccc2)n1. The van der Waals surface area contributed by atoms with Gasteiger partial charge in [0.25, 0.3) is 0 Å². The Bertz CT molecular complexity index is 636. The molecular weight excluding hydrogens is 282 g/mol. The molecule has 0 saturated carbocycles. The first-order valence-corrected chi connectivity index (χ1v) is 8.25. The van der Waals surface area contributed by atoms with Gasteiger partial charge in [-0.05, 0) is 12.5 Å². The van der Waals surface area contributed by atoms with Crippen molar-refractivity contribution in [1.29, 1.82) is 0 Å². The molecule has 19 heavy (non-hydrogen) atoms. The maximum atomic E-state index is 12.0. The summed E-state index contributed by atoms with van der Waals surface area (Å²) in [6.45, 7) is 1.80. The standard InChI is InChI=1S/C12H15N3O2S2/c1-9(13)11-7-18-12(14-11)15-19(16,17)8-10-5-3-2-4-6-10/h2-7,9H,8,13H2,1H3,(H,14,15). The van der Waals surface area contributed by atoms with Crippen LogP contribution in [0.4, 0.5) is 5.13 Å². The monoisotopic (exact) mass is 297 g/mol. The fourth-order valence-electron chi connectivity index (χ4n) is 1.50. The summed E-state index contributed by atoms with van der Waals surface area (Å²) in [6, 6.07) is 8.80. The van der Waals surface area contributed by atoms with E-state index in [0.717, 1.165) is 5.56 Å². The lowest BCUT2D eigenvalue weighted by Crippen LogP contribution is -2.15. The average molecular weight is 297 g/mol. The van der Waals surface area contributed by atoms with Crippen LogP contribution in [0.15, 0.2) is 35.7 Å². The first-order chi connectivity index (χ1) is 8.96. The van der Waals surface area contributed by atoms with Crippen molar-refractivity contribution >= 4 is 26.5 Å².